The zero-order valence-electron chi connectivity index (χ0n) is 12.0. The van der Waals surface area contributed by atoms with E-state index in [1.807, 2.05) is 0 Å². The third kappa shape index (κ3) is 4.06. The second-order valence-corrected chi connectivity index (χ2v) is 7.30. The number of allylic oxidation sites excluding steroid dienone is 2. The Morgan fingerprint density at radius 3 is 2.35 bits per heavy atom. The van der Waals surface area contributed by atoms with Crippen LogP contribution in [-0.2, 0) is 16.4 Å². The molecule has 0 N–H and O–H groups in total. The van der Waals surface area contributed by atoms with Crippen LogP contribution in [0, 0.1) is 11.8 Å². The van der Waals surface area contributed by atoms with E-state index in [4.69, 9.17) is 0 Å². The Bertz CT molecular complexity index is 696. The topological polar surface area (TPSA) is 64.8 Å². The van der Waals surface area contributed by atoms with Crippen molar-refractivity contribution in [3.8, 4) is 0 Å². The van der Waals surface area contributed by atoms with Crippen LogP contribution < -0.4 is 0 Å². The highest BCUT2D eigenvalue weighted by Crippen LogP contribution is 2.39. The first-order chi connectivity index (χ1) is 10.5. The first-order valence-corrected chi connectivity index (χ1v) is 8.54. The molecule has 5 nitrogen and oxygen atoms in total. The molecule has 0 amide bonds. The monoisotopic (exact) mass is 359 g/mol. The number of sulfone groups is 1. The minimum absolute atomic E-state index is 0.0872. The quantitative estimate of drug-likeness (QED) is 0.613. The van der Waals surface area contributed by atoms with Crippen LogP contribution in [0.25, 0.3) is 0 Å². The van der Waals surface area contributed by atoms with Gasteiger partial charge in [0.15, 0.2) is 15.5 Å². The Hall–Kier alpha value is -1.52. The molecule has 0 saturated carbocycles. The summed E-state index contributed by atoms with van der Waals surface area (Å²) in [6.07, 6.45) is -4.07. The van der Waals surface area contributed by atoms with Crippen LogP contribution in [-0.4, -0.2) is 35.8 Å². The van der Waals surface area contributed by atoms with Gasteiger partial charge in [-0.2, -0.15) is 23.1 Å². The predicted molar refractivity (Wildman–Crippen MR) is 69.5 cm³/mol. The first kappa shape index (κ1) is 17.8. The number of halogens is 5. The summed E-state index contributed by atoms with van der Waals surface area (Å²) < 4.78 is 87.6. The molecular formula is C12H14F5N3O2S. The molecule has 2 rings (SSSR count). The molecule has 23 heavy (non-hydrogen) atoms. The molecule has 1 aliphatic rings. The molecule has 0 saturated heterocycles. The maximum atomic E-state index is 13.0. The number of hydrogen-bond donors (Lipinski definition) is 0. The van der Waals surface area contributed by atoms with Crippen LogP contribution in [0.15, 0.2) is 17.2 Å². The lowest BCUT2D eigenvalue weighted by molar-refractivity contribution is -0.190. The van der Waals surface area contributed by atoms with Crippen LogP contribution >= 0.6 is 0 Å². The van der Waals surface area contributed by atoms with Crippen molar-refractivity contribution >= 4 is 9.84 Å². The molecule has 0 unspecified atom stereocenters. The van der Waals surface area contributed by atoms with Crippen molar-refractivity contribution in [3.05, 3.63) is 17.8 Å². The molecular weight excluding hydrogens is 345 g/mol. The van der Waals surface area contributed by atoms with Gasteiger partial charge in [-0.25, -0.2) is 17.2 Å². The van der Waals surface area contributed by atoms with Crippen molar-refractivity contribution in [1.82, 2.24) is 15.0 Å². The summed E-state index contributed by atoms with van der Waals surface area (Å²) in [5, 5.41) is 5.93. The second kappa shape index (κ2) is 6.17. The van der Waals surface area contributed by atoms with Gasteiger partial charge in [-0.15, -0.1) is 5.10 Å². The number of nitrogens with zero attached hydrogens (tertiary/aromatic N) is 3. The molecule has 0 aromatic carbocycles. The average molecular weight is 359 g/mol. The third-order valence-electron chi connectivity index (χ3n) is 3.59. The number of hydrogen-bond acceptors (Lipinski definition) is 4. The number of aromatic nitrogens is 3. The lowest BCUT2D eigenvalue weighted by atomic mass is 9.82. The number of alkyl halides is 5. The highest BCUT2D eigenvalue weighted by Gasteiger charge is 2.44. The SMILES string of the molecule is CS(=O)(=O)c1nn(C[C@@H]2CC=CC[C@H]2C(F)(F)F)nc1C(F)F. The normalized spacial score (nSPS) is 22.7. The molecule has 11 heteroatoms. The van der Waals surface area contributed by atoms with Gasteiger partial charge in [-0.3, -0.25) is 0 Å². The van der Waals surface area contributed by atoms with E-state index in [-0.39, 0.29) is 19.4 Å². The summed E-state index contributed by atoms with van der Waals surface area (Å²) in [5.74, 6) is -2.58. The van der Waals surface area contributed by atoms with Gasteiger partial charge in [0.1, 0.15) is 0 Å². The summed E-state index contributed by atoms with van der Waals surface area (Å²) in [5.41, 5.74) is -1.04. The van der Waals surface area contributed by atoms with Crippen LogP contribution in [0.1, 0.15) is 25.0 Å². The van der Waals surface area contributed by atoms with Gasteiger partial charge < -0.3 is 0 Å². The Kier molecular flexibility index (Phi) is 4.79. The van der Waals surface area contributed by atoms with Gasteiger partial charge in [0.05, 0.1) is 12.5 Å². The van der Waals surface area contributed by atoms with E-state index in [0.717, 1.165) is 0 Å². The molecule has 2 atom stereocenters. The van der Waals surface area contributed by atoms with Gasteiger partial charge >= 0.3 is 6.18 Å². The molecule has 130 valence electrons. The Labute approximate surface area is 129 Å². The van der Waals surface area contributed by atoms with Gasteiger partial charge in [0.25, 0.3) is 6.43 Å². The lowest BCUT2D eigenvalue weighted by Gasteiger charge is -2.29. The van der Waals surface area contributed by atoms with E-state index < -0.39 is 45.0 Å². The minimum atomic E-state index is -4.44. The van der Waals surface area contributed by atoms with Crippen LogP contribution in [0.5, 0.6) is 0 Å². The molecule has 1 heterocycles. The van der Waals surface area contributed by atoms with Crippen molar-refractivity contribution in [2.75, 3.05) is 6.26 Å². The van der Waals surface area contributed by atoms with Gasteiger partial charge in [0, 0.05) is 6.26 Å². The summed E-state index contributed by atoms with van der Waals surface area (Å²) in [6.45, 7) is -0.385. The first-order valence-electron chi connectivity index (χ1n) is 6.65. The minimum Gasteiger partial charge on any atom is -0.222 e. The molecule has 0 radical (unpaired) electrons. The largest absolute Gasteiger partial charge is 0.392 e. The molecule has 0 aliphatic heterocycles. The fourth-order valence-corrected chi connectivity index (χ4v) is 3.26. The van der Waals surface area contributed by atoms with Crippen molar-refractivity contribution in [3.63, 3.8) is 0 Å². The van der Waals surface area contributed by atoms with Gasteiger partial charge in [0.2, 0.25) is 5.03 Å². The van der Waals surface area contributed by atoms with Crippen molar-refractivity contribution in [1.29, 1.82) is 0 Å². The van der Waals surface area contributed by atoms with E-state index >= 15 is 0 Å². The second-order valence-electron chi connectivity index (χ2n) is 5.37. The lowest BCUT2D eigenvalue weighted by Crippen LogP contribution is -2.34. The zero-order chi connectivity index (χ0) is 17.4. The summed E-state index contributed by atoms with van der Waals surface area (Å²) in [4.78, 5) is 0.625. The summed E-state index contributed by atoms with van der Waals surface area (Å²) in [6, 6.07) is 0. The number of rotatable bonds is 4. The molecule has 0 fully saturated rings. The smallest absolute Gasteiger partial charge is 0.222 e. The fourth-order valence-electron chi connectivity index (χ4n) is 2.51. The van der Waals surface area contributed by atoms with Crippen LogP contribution in [0.4, 0.5) is 22.0 Å². The third-order valence-corrected chi connectivity index (χ3v) is 4.58. The molecule has 0 bridgehead atoms. The maximum absolute atomic E-state index is 13.0. The molecule has 1 aliphatic carbocycles. The maximum Gasteiger partial charge on any atom is 0.392 e. The Balaban J connectivity index is 2.31. The van der Waals surface area contributed by atoms with Crippen LogP contribution in [0.3, 0.4) is 0 Å². The van der Waals surface area contributed by atoms with E-state index in [1.54, 1.807) is 6.08 Å². The van der Waals surface area contributed by atoms with E-state index in [2.05, 4.69) is 10.2 Å². The van der Waals surface area contributed by atoms with Crippen molar-refractivity contribution < 1.29 is 30.4 Å². The Morgan fingerprint density at radius 2 is 1.87 bits per heavy atom. The molecule has 1 aromatic rings. The van der Waals surface area contributed by atoms with Gasteiger partial charge in [-0.05, 0) is 18.8 Å². The fraction of sp³-hybridized carbons (Fsp3) is 0.667. The standard InChI is InChI=1S/C12H14F5N3O2S/c1-23(21,22)11-9(10(13)14)18-20(19-11)6-7-4-2-3-5-8(7)12(15,16)17/h2-3,7-8,10H,4-6H2,1H3/t7-,8+/m0/s1. The highest BCUT2D eigenvalue weighted by molar-refractivity contribution is 7.90. The molecule has 1 aromatic heterocycles. The van der Waals surface area contributed by atoms with Crippen molar-refractivity contribution in [2.45, 2.75) is 37.0 Å². The molecule has 0 spiro atoms. The summed E-state index contributed by atoms with van der Waals surface area (Å²) in [7, 11) is -4.05. The van der Waals surface area contributed by atoms with E-state index in [0.29, 0.717) is 11.1 Å². The highest BCUT2D eigenvalue weighted by atomic mass is 32.2. The van der Waals surface area contributed by atoms with Crippen LogP contribution in [0.2, 0.25) is 0 Å². The summed E-state index contributed by atoms with van der Waals surface area (Å²) >= 11 is 0. The average Bonchev–Trinajstić information content (AvgIpc) is 2.82. The van der Waals surface area contributed by atoms with E-state index in [1.165, 1.54) is 6.08 Å². The predicted octanol–water partition coefficient (Wildman–Crippen LogP) is 2.76. The van der Waals surface area contributed by atoms with Crippen molar-refractivity contribution in [2.24, 2.45) is 11.8 Å². The zero-order valence-corrected chi connectivity index (χ0v) is 12.8. The van der Waals surface area contributed by atoms with E-state index in [9.17, 15) is 30.4 Å². The Morgan fingerprint density at radius 1 is 1.26 bits per heavy atom. The van der Waals surface area contributed by atoms with Gasteiger partial charge in [-0.1, -0.05) is 12.2 Å².